The Morgan fingerprint density at radius 3 is 1.72 bits per heavy atom. The van der Waals surface area contributed by atoms with Crippen molar-refractivity contribution in [2.24, 2.45) is 0 Å². The Morgan fingerprint density at radius 1 is 0.560 bits per heavy atom. The number of hydrogen-bond donors (Lipinski definition) is 1. The van der Waals surface area contributed by atoms with Gasteiger partial charge in [-0.1, -0.05) is 42.5 Å². The van der Waals surface area contributed by atoms with Gasteiger partial charge in [0.05, 0.1) is 5.56 Å². The van der Waals surface area contributed by atoms with Crippen LogP contribution in [0.15, 0.2) is 78.9 Å². The lowest BCUT2D eigenvalue weighted by Gasteiger charge is -2.09. The number of hydrogen-bond acceptors (Lipinski definition) is 1. The van der Waals surface area contributed by atoms with Gasteiger partial charge in [0.2, 0.25) is 0 Å². The van der Waals surface area contributed by atoms with E-state index in [-0.39, 0.29) is 0 Å². The number of fused-ring (bicyclic) bond motifs is 5. The second-order valence-electron chi connectivity index (χ2n) is 6.43. The topological polar surface area (TPSA) is 37.3 Å². The Morgan fingerprint density at radius 2 is 1.08 bits per heavy atom. The maximum atomic E-state index is 11.3. The number of benzene rings is 5. The first kappa shape index (κ1) is 14.0. The second-order valence-corrected chi connectivity index (χ2v) is 6.43. The van der Waals surface area contributed by atoms with Crippen molar-refractivity contribution in [1.29, 1.82) is 0 Å². The molecule has 2 heteroatoms. The summed E-state index contributed by atoms with van der Waals surface area (Å²) in [4.78, 5) is 11.3. The molecule has 0 unspecified atom stereocenters. The first-order valence-electron chi connectivity index (χ1n) is 8.21. The highest BCUT2D eigenvalue weighted by Crippen LogP contribution is 2.32. The van der Waals surface area contributed by atoms with Crippen molar-refractivity contribution < 1.29 is 9.90 Å². The maximum absolute atomic E-state index is 11.3. The van der Waals surface area contributed by atoms with E-state index in [2.05, 4.69) is 54.6 Å². The molecule has 2 nitrogen and oxygen atoms in total. The van der Waals surface area contributed by atoms with E-state index in [1.165, 1.54) is 26.9 Å². The van der Waals surface area contributed by atoms with Gasteiger partial charge in [-0.15, -0.1) is 0 Å². The van der Waals surface area contributed by atoms with Crippen LogP contribution in [0, 0.1) is 0 Å². The van der Waals surface area contributed by atoms with Gasteiger partial charge < -0.3 is 5.11 Å². The molecule has 5 rings (SSSR count). The monoisotopic (exact) mass is 322 g/mol. The van der Waals surface area contributed by atoms with Gasteiger partial charge >= 0.3 is 5.97 Å². The van der Waals surface area contributed by atoms with E-state index >= 15 is 0 Å². The molecule has 0 saturated heterocycles. The van der Waals surface area contributed by atoms with Gasteiger partial charge in [0.25, 0.3) is 0 Å². The molecular formula is C23H14O2. The summed E-state index contributed by atoms with van der Waals surface area (Å²) in [6, 6.07) is 26.6. The number of carboxylic acid groups (broad SMARTS) is 1. The highest BCUT2D eigenvalue weighted by molar-refractivity contribution is 6.15. The first-order valence-corrected chi connectivity index (χ1v) is 8.21. The molecule has 0 aliphatic rings. The van der Waals surface area contributed by atoms with Crippen LogP contribution in [-0.2, 0) is 0 Å². The molecular weight excluding hydrogens is 308 g/mol. The Balaban J connectivity index is 1.91. The number of carboxylic acids is 1. The Bertz CT molecular complexity index is 1320. The quantitative estimate of drug-likeness (QED) is 0.304. The molecule has 1 N–H and O–H groups in total. The minimum Gasteiger partial charge on any atom is -0.478 e. The third-order valence-electron chi connectivity index (χ3n) is 4.91. The van der Waals surface area contributed by atoms with Gasteiger partial charge in [-0.2, -0.15) is 0 Å². The van der Waals surface area contributed by atoms with Crippen molar-refractivity contribution >= 4 is 49.1 Å². The summed E-state index contributed by atoms with van der Waals surface area (Å²) < 4.78 is 0. The predicted octanol–water partition coefficient (Wildman–Crippen LogP) is 6.00. The van der Waals surface area contributed by atoms with E-state index in [9.17, 15) is 9.90 Å². The van der Waals surface area contributed by atoms with Crippen molar-refractivity contribution in [1.82, 2.24) is 0 Å². The molecule has 0 amide bonds. The van der Waals surface area contributed by atoms with Crippen LogP contribution in [-0.4, -0.2) is 11.1 Å². The predicted molar refractivity (Wildman–Crippen MR) is 103 cm³/mol. The van der Waals surface area contributed by atoms with Crippen LogP contribution in [0.2, 0.25) is 0 Å². The molecule has 0 radical (unpaired) electrons. The maximum Gasteiger partial charge on any atom is 0.335 e. The van der Waals surface area contributed by atoms with E-state index in [1.807, 2.05) is 12.1 Å². The summed E-state index contributed by atoms with van der Waals surface area (Å²) in [5.74, 6) is -0.897. The van der Waals surface area contributed by atoms with Crippen LogP contribution in [0.4, 0.5) is 0 Å². The summed E-state index contributed by atoms with van der Waals surface area (Å²) in [6.07, 6.45) is 0. The van der Waals surface area contributed by atoms with Crippen molar-refractivity contribution in [3.8, 4) is 0 Å². The molecule has 5 aromatic rings. The number of carbonyl (C=O) groups is 1. The highest BCUT2D eigenvalue weighted by Gasteiger charge is 2.07. The van der Waals surface area contributed by atoms with Crippen molar-refractivity contribution in [2.75, 3.05) is 0 Å². The van der Waals surface area contributed by atoms with Crippen molar-refractivity contribution in [2.45, 2.75) is 0 Å². The van der Waals surface area contributed by atoms with Crippen LogP contribution in [0.3, 0.4) is 0 Å². The average molecular weight is 322 g/mol. The van der Waals surface area contributed by atoms with E-state index in [4.69, 9.17) is 0 Å². The third-order valence-corrected chi connectivity index (χ3v) is 4.91. The van der Waals surface area contributed by atoms with E-state index in [1.54, 1.807) is 12.1 Å². The molecule has 5 aromatic carbocycles. The van der Waals surface area contributed by atoms with Crippen LogP contribution in [0.25, 0.3) is 43.1 Å². The van der Waals surface area contributed by atoms with Crippen molar-refractivity contribution in [3.63, 3.8) is 0 Å². The Labute approximate surface area is 143 Å². The lowest BCUT2D eigenvalue weighted by molar-refractivity contribution is 0.0697. The van der Waals surface area contributed by atoms with Crippen LogP contribution < -0.4 is 0 Å². The summed E-state index contributed by atoms with van der Waals surface area (Å²) in [5.41, 5.74) is 0.317. The summed E-state index contributed by atoms with van der Waals surface area (Å²) in [6.45, 7) is 0. The molecule has 25 heavy (non-hydrogen) atoms. The zero-order valence-electron chi connectivity index (χ0n) is 13.4. The minimum absolute atomic E-state index is 0.317. The standard InChI is InChI=1S/C23H14O2/c24-23(25)19-8-5-16-10-18-7-6-17-9-14-3-1-2-4-15(14)12-21(17)22(18)13-20(16)11-19/h1-13H,(H,24,25). The van der Waals surface area contributed by atoms with Gasteiger partial charge in [-0.05, 0) is 79.5 Å². The van der Waals surface area contributed by atoms with Gasteiger partial charge in [-0.25, -0.2) is 4.79 Å². The van der Waals surface area contributed by atoms with Gasteiger partial charge in [0, 0.05) is 0 Å². The fraction of sp³-hybridized carbons (Fsp3) is 0. The minimum atomic E-state index is -0.897. The van der Waals surface area contributed by atoms with E-state index in [0.29, 0.717) is 5.56 Å². The van der Waals surface area contributed by atoms with E-state index < -0.39 is 5.97 Å². The first-order chi connectivity index (χ1) is 12.2. The molecule has 0 aliphatic heterocycles. The average Bonchev–Trinajstić information content (AvgIpc) is 2.64. The van der Waals surface area contributed by atoms with Crippen molar-refractivity contribution in [3.05, 3.63) is 84.4 Å². The molecule has 118 valence electrons. The molecule has 0 heterocycles. The smallest absolute Gasteiger partial charge is 0.335 e. The molecule has 0 fully saturated rings. The zero-order valence-corrected chi connectivity index (χ0v) is 13.4. The highest BCUT2D eigenvalue weighted by atomic mass is 16.4. The SMILES string of the molecule is O=C(O)c1ccc2cc3ccc4cc5ccccc5cc4c3cc2c1. The molecule has 0 aliphatic carbocycles. The van der Waals surface area contributed by atoms with Crippen LogP contribution in [0.1, 0.15) is 10.4 Å². The fourth-order valence-corrected chi connectivity index (χ4v) is 3.63. The lowest BCUT2D eigenvalue weighted by Crippen LogP contribution is -1.95. The number of rotatable bonds is 1. The van der Waals surface area contributed by atoms with E-state index in [0.717, 1.165) is 16.2 Å². The van der Waals surface area contributed by atoms with Gasteiger partial charge in [0.1, 0.15) is 0 Å². The molecule has 0 spiro atoms. The van der Waals surface area contributed by atoms with Gasteiger partial charge in [-0.3, -0.25) is 0 Å². The molecule has 0 bridgehead atoms. The van der Waals surface area contributed by atoms with Gasteiger partial charge in [0.15, 0.2) is 0 Å². The molecule has 0 atom stereocenters. The molecule has 0 aromatic heterocycles. The fourth-order valence-electron chi connectivity index (χ4n) is 3.63. The van der Waals surface area contributed by atoms with Crippen LogP contribution >= 0.6 is 0 Å². The molecule has 0 saturated carbocycles. The third kappa shape index (κ3) is 2.15. The Kier molecular flexibility index (Phi) is 2.83. The summed E-state index contributed by atoms with van der Waals surface area (Å²) >= 11 is 0. The normalized spacial score (nSPS) is 11.5. The largest absolute Gasteiger partial charge is 0.478 e. The lowest BCUT2D eigenvalue weighted by atomic mass is 9.95. The van der Waals surface area contributed by atoms with Crippen LogP contribution in [0.5, 0.6) is 0 Å². The zero-order chi connectivity index (χ0) is 17.0. The second kappa shape index (κ2) is 5.05. The number of aromatic carboxylic acids is 1. The summed E-state index contributed by atoms with van der Waals surface area (Å²) in [5, 5.41) is 18.4. The Hall–Kier alpha value is -3.39. The summed E-state index contributed by atoms with van der Waals surface area (Å²) in [7, 11) is 0.